The highest BCUT2D eigenvalue weighted by Crippen LogP contribution is 2.11. The Hall–Kier alpha value is -1.53. The second-order valence-electron chi connectivity index (χ2n) is 5.04. The van der Waals surface area contributed by atoms with Gasteiger partial charge in [0.1, 0.15) is 5.69 Å². The molecular formula is C14H24N4O2. The molecule has 1 saturated heterocycles. The Morgan fingerprint density at radius 3 is 3.00 bits per heavy atom. The van der Waals surface area contributed by atoms with E-state index in [9.17, 15) is 4.79 Å². The lowest BCUT2D eigenvalue weighted by molar-refractivity contribution is -0.0246. The Balaban J connectivity index is 1.88. The highest BCUT2D eigenvalue weighted by molar-refractivity contribution is 5.93. The monoisotopic (exact) mass is 280 g/mol. The van der Waals surface area contributed by atoms with Crippen LogP contribution in [0.5, 0.6) is 0 Å². The summed E-state index contributed by atoms with van der Waals surface area (Å²) in [5, 5.41) is 2.93. The van der Waals surface area contributed by atoms with Gasteiger partial charge in [-0.05, 0) is 19.5 Å². The molecule has 0 aromatic carbocycles. The molecule has 1 aromatic heterocycles. The van der Waals surface area contributed by atoms with E-state index >= 15 is 0 Å². The Bertz CT molecular complexity index is 458. The van der Waals surface area contributed by atoms with E-state index in [0.29, 0.717) is 17.9 Å². The third-order valence-corrected chi connectivity index (χ3v) is 3.65. The van der Waals surface area contributed by atoms with Crippen LogP contribution in [0.4, 0.5) is 5.69 Å². The molecule has 20 heavy (non-hydrogen) atoms. The number of amides is 1. The van der Waals surface area contributed by atoms with Crippen LogP contribution in [-0.4, -0.2) is 54.3 Å². The van der Waals surface area contributed by atoms with Gasteiger partial charge in [0.25, 0.3) is 5.91 Å². The van der Waals surface area contributed by atoms with Gasteiger partial charge < -0.3 is 20.4 Å². The van der Waals surface area contributed by atoms with E-state index in [1.165, 1.54) is 0 Å². The number of nitrogens with two attached hydrogens (primary N) is 1. The number of carbonyl (C=O) groups excluding carboxylic acids is 1. The summed E-state index contributed by atoms with van der Waals surface area (Å²) in [6.07, 6.45) is 1.85. The van der Waals surface area contributed by atoms with Crippen molar-refractivity contribution in [2.24, 2.45) is 0 Å². The average molecular weight is 280 g/mol. The zero-order valence-electron chi connectivity index (χ0n) is 12.3. The number of anilines is 1. The van der Waals surface area contributed by atoms with Gasteiger partial charge in [0.2, 0.25) is 0 Å². The lowest BCUT2D eigenvalue weighted by Crippen LogP contribution is -2.47. The van der Waals surface area contributed by atoms with Crippen LogP contribution in [0.3, 0.4) is 0 Å². The van der Waals surface area contributed by atoms with Crippen LogP contribution in [0.25, 0.3) is 0 Å². The van der Waals surface area contributed by atoms with Gasteiger partial charge in [-0.3, -0.25) is 9.69 Å². The molecule has 1 aliphatic heterocycles. The first kappa shape index (κ1) is 14.9. The summed E-state index contributed by atoms with van der Waals surface area (Å²) < 4.78 is 7.52. The number of morpholine rings is 1. The Morgan fingerprint density at radius 1 is 1.50 bits per heavy atom. The molecule has 6 nitrogen and oxygen atoms in total. The lowest BCUT2D eigenvalue weighted by atomic mass is 10.2. The van der Waals surface area contributed by atoms with Crippen LogP contribution >= 0.6 is 0 Å². The Kier molecular flexibility index (Phi) is 5.03. The summed E-state index contributed by atoms with van der Waals surface area (Å²) in [6, 6.07) is 1.71. The first-order valence-corrected chi connectivity index (χ1v) is 7.21. The van der Waals surface area contributed by atoms with Gasteiger partial charge in [0.05, 0.1) is 18.4 Å². The summed E-state index contributed by atoms with van der Waals surface area (Å²) in [6.45, 7) is 8.96. The van der Waals surface area contributed by atoms with Gasteiger partial charge >= 0.3 is 0 Å². The molecule has 1 unspecified atom stereocenters. The SMILES string of the molecule is CCN1CCOC(CNC(=O)c2cc(N)cn2CC)C1. The third kappa shape index (κ3) is 3.52. The fourth-order valence-corrected chi connectivity index (χ4v) is 2.47. The minimum absolute atomic E-state index is 0.0648. The van der Waals surface area contributed by atoms with Crippen molar-refractivity contribution in [3.63, 3.8) is 0 Å². The van der Waals surface area contributed by atoms with E-state index in [4.69, 9.17) is 10.5 Å². The number of nitrogen functional groups attached to an aromatic ring is 1. The fourth-order valence-electron chi connectivity index (χ4n) is 2.47. The molecule has 3 N–H and O–H groups in total. The highest BCUT2D eigenvalue weighted by atomic mass is 16.5. The highest BCUT2D eigenvalue weighted by Gasteiger charge is 2.20. The minimum Gasteiger partial charge on any atom is -0.397 e. The molecule has 0 aliphatic carbocycles. The molecule has 1 fully saturated rings. The number of aryl methyl sites for hydroxylation is 1. The minimum atomic E-state index is -0.0965. The molecule has 0 bridgehead atoms. The Labute approximate surface area is 119 Å². The van der Waals surface area contributed by atoms with Crippen molar-refractivity contribution in [3.05, 3.63) is 18.0 Å². The average Bonchev–Trinajstić information content (AvgIpc) is 2.86. The summed E-state index contributed by atoms with van der Waals surface area (Å²) in [7, 11) is 0. The van der Waals surface area contributed by atoms with Gasteiger partial charge in [-0.15, -0.1) is 0 Å². The number of hydrogen-bond acceptors (Lipinski definition) is 4. The van der Waals surface area contributed by atoms with Crippen molar-refractivity contribution in [1.82, 2.24) is 14.8 Å². The van der Waals surface area contributed by atoms with Crippen LogP contribution in [0.15, 0.2) is 12.3 Å². The van der Waals surface area contributed by atoms with Crippen LogP contribution in [0, 0.1) is 0 Å². The van der Waals surface area contributed by atoms with Gasteiger partial charge in [-0.25, -0.2) is 0 Å². The summed E-state index contributed by atoms with van der Waals surface area (Å²) in [5.41, 5.74) is 6.95. The van der Waals surface area contributed by atoms with Gasteiger partial charge in [-0.2, -0.15) is 0 Å². The van der Waals surface area contributed by atoms with Gasteiger partial charge in [0.15, 0.2) is 0 Å². The van der Waals surface area contributed by atoms with Gasteiger partial charge in [0, 0.05) is 32.4 Å². The van der Waals surface area contributed by atoms with E-state index in [2.05, 4.69) is 17.1 Å². The van der Waals surface area contributed by atoms with Crippen LogP contribution in [0.2, 0.25) is 0 Å². The van der Waals surface area contributed by atoms with Crippen LogP contribution < -0.4 is 11.1 Å². The number of nitrogens with zero attached hydrogens (tertiary/aromatic N) is 2. The topological polar surface area (TPSA) is 72.5 Å². The van der Waals surface area contributed by atoms with Crippen molar-refractivity contribution in [2.75, 3.05) is 38.5 Å². The van der Waals surface area contributed by atoms with Crippen molar-refractivity contribution in [2.45, 2.75) is 26.5 Å². The molecule has 2 rings (SSSR count). The van der Waals surface area contributed by atoms with E-state index in [1.807, 2.05) is 11.5 Å². The number of ether oxygens (including phenoxy) is 1. The second-order valence-corrected chi connectivity index (χ2v) is 5.04. The molecular weight excluding hydrogens is 256 g/mol. The first-order chi connectivity index (χ1) is 9.63. The summed E-state index contributed by atoms with van der Waals surface area (Å²) in [5.74, 6) is -0.0965. The van der Waals surface area contributed by atoms with Crippen molar-refractivity contribution < 1.29 is 9.53 Å². The first-order valence-electron chi connectivity index (χ1n) is 7.21. The number of aromatic nitrogens is 1. The van der Waals surface area contributed by atoms with Gasteiger partial charge in [-0.1, -0.05) is 6.92 Å². The number of rotatable bonds is 5. The molecule has 1 aliphatic rings. The molecule has 0 saturated carbocycles. The molecule has 0 radical (unpaired) electrons. The largest absolute Gasteiger partial charge is 0.397 e. The maximum atomic E-state index is 12.2. The second kappa shape index (κ2) is 6.76. The van der Waals surface area contributed by atoms with Crippen molar-refractivity contribution in [1.29, 1.82) is 0 Å². The lowest BCUT2D eigenvalue weighted by Gasteiger charge is -2.32. The summed E-state index contributed by atoms with van der Waals surface area (Å²) in [4.78, 5) is 14.5. The van der Waals surface area contributed by atoms with Crippen molar-refractivity contribution in [3.8, 4) is 0 Å². The predicted molar refractivity (Wildman–Crippen MR) is 78.7 cm³/mol. The molecule has 1 atom stereocenters. The van der Waals surface area contributed by atoms with E-state index in [1.54, 1.807) is 12.3 Å². The van der Waals surface area contributed by atoms with E-state index in [-0.39, 0.29) is 12.0 Å². The quantitative estimate of drug-likeness (QED) is 0.826. The van der Waals surface area contributed by atoms with Crippen LogP contribution in [0.1, 0.15) is 24.3 Å². The molecule has 1 aromatic rings. The van der Waals surface area contributed by atoms with E-state index < -0.39 is 0 Å². The number of carbonyl (C=O) groups is 1. The van der Waals surface area contributed by atoms with Crippen molar-refractivity contribution >= 4 is 11.6 Å². The number of likely N-dealkylation sites (N-methyl/N-ethyl adjacent to an activating group) is 1. The maximum absolute atomic E-state index is 12.2. The van der Waals surface area contributed by atoms with E-state index in [0.717, 1.165) is 32.8 Å². The zero-order valence-corrected chi connectivity index (χ0v) is 12.3. The normalized spacial score (nSPS) is 20.0. The molecule has 112 valence electrons. The molecule has 2 heterocycles. The standard InChI is InChI=1S/C14H24N4O2/c1-3-17-5-6-20-12(10-17)8-16-14(19)13-7-11(15)9-18(13)4-2/h7,9,12H,3-6,8,10,15H2,1-2H3,(H,16,19). The summed E-state index contributed by atoms with van der Waals surface area (Å²) >= 11 is 0. The van der Waals surface area contributed by atoms with Crippen LogP contribution in [-0.2, 0) is 11.3 Å². The smallest absolute Gasteiger partial charge is 0.268 e. The number of nitrogens with one attached hydrogen (secondary N) is 1. The zero-order chi connectivity index (χ0) is 14.5. The fraction of sp³-hybridized carbons (Fsp3) is 0.643. The molecule has 0 spiro atoms. The molecule has 1 amide bonds. The maximum Gasteiger partial charge on any atom is 0.268 e. The predicted octanol–water partition coefficient (Wildman–Crippen LogP) is 0.541. The third-order valence-electron chi connectivity index (χ3n) is 3.65. The number of hydrogen-bond donors (Lipinski definition) is 2. The Morgan fingerprint density at radius 2 is 2.30 bits per heavy atom. The molecule has 6 heteroatoms.